The van der Waals surface area contributed by atoms with Crippen molar-refractivity contribution in [2.75, 3.05) is 11.1 Å². The smallest absolute Gasteiger partial charge is 0.238 e. The van der Waals surface area contributed by atoms with Crippen molar-refractivity contribution >= 4 is 54.9 Å². The summed E-state index contributed by atoms with van der Waals surface area (Å²) in [5, 5.41) is 11.5. The number of aromatic nitrogens is 2. The normalized spacial score (nSPS) is 11.5. The fourth-order valence-electron chi connectivity index (χ4n) is 2.85. The van der Waals surface area contributed by atoms with Crippen molar-refractivity contribution in [1.29, 1.82) is 0 Å². The van der Waals surface area contributed by atoms with Gasteiger partial charge in [-0.25, -0.2) is 23.5 Å². The van der Waals surface area contributed by atoms with Crippen LogP contribution in [0.5, 0.6) is 0 Å². The maximum atomic E-state index is 12.4. The Labute approximate surface area is 181 Å². The number of thiophene rings is 1. The molecule has 30 heavy (non-hydrogen) atoms. The van der Waals surface area contributed by atoms with Crippen molar-refractivity contribution in [2.24, 2.45) is 5.14 Å². The van der Waals surface area contributed by atoms with Gasteiger partial charge in [0.1, 0.15) is 16.2 Å². The summed E-state index contributed by atoms with van der Waals surface area (Å²) >= 11 is 2.86. The second-order valence-corrected chi connectivity index (χ2v) is 9.66. The summed E-state index contributed by atoms with van der Waals surface area (Å²) in [4.78, 5) is 22.0. The number of thioether (sulfide) groups is 1. The molecule has 2 aromatic carbocycles. The highest BCUT2D eigenvalue weighted by atomic mass is 32.2. The van der Waals surface area contributed by atoms with Crippen LogP contribution in [0, 0.1) is 0 Å². The number of benzene rings is 2. The van der Waals surface area contributed by atoms with Crippen molar-refractivity contribution in [2.45, 2.75) is 9.92 Å². The van der Waals surface area contributed by atoms with Gasteiger partial charge in [0, 0.05) is 16.6 Å². The first kappa shape index (κ1) is 20.5. The van der Waals surface area contributed by atoms with Crippen LogP contribution in [0.4, 0.5) is 5.69 Å². The van der Waals surface area contributed by atoms with E-state index >= 15 is 0 Å². The van der Waals surface area contributed by atoms with Crippen molar-refractivity contribution < 1.29 is 13.2 Å². The molecule has 0 aliphatic carbocycles. The molecule has 7 nitrogen and oxygen atoms in total. The van der Waals surface area contributed by atoms with Gasteiger partial charge in [0.25, 0.3) is 0 Å². The molecule has 0 aliphatic heterocycles. The lowest BCUT2D eigenvalue weighted by Gasteiger charge is -2.07. The van der Waals surface area contributed by atoms with Gasteiger partial charge in [0.2, 0.25) is 15.9 Å². The Balaban J connectivity index is 1.50. The van der Waals surface area contributed by atoms with Crippen LogP contribution in [0.3, 0.4) is 0 Å². The van der Waals surface area contributed by atoms with Gasteiger partial charge in [-0.2, -0.15) is 0 Å². The number of carbonyl (C=O) groups excluding carboxylic acids is 1. The molecule has 152 valence electrons. The van der Waals surface area contributed by atoms with Crippen molar-refractivity contribution in [3.63, 3.8) is 0 Å². The molecule has 4 rings (SSSR count). The molecule has 0 aliphatic rings. The molecular formula is C20H16N4O3S3. The Morgan fingerprint density at radius 1 is 1.07 bits per heavy atom. The average molecular weight is 457 g/mol. The molecule has 4 aromatic rings. The first-order valence-corrected chi connectivity index (χ1v) is 12.2. The SMILES string of the molecule is NS(=O)(=O)c1ccc(NC(=O)CSc2ncnc3scc(-c4ccccc4)c23)cc1. The van der Waals surface area contributed by atoms with E-state index in [2.05, 4.69) is 15.3 Å². The van der Waals surface area contributed by atoms with Gasteiger partial charge in [0.05, 0.1) is 16.0 Å². The Hall–Kier alpha value is -2.79. The zero-order valence-corrected chi connectivity index (χ0v) is 17.9. The van der Waals surface area contributed by atoms with E-state index in [-0.39, 0.29) is 16.6 Å². The quantitative estimate of drug-likeness (QED) is 0.337. The second-order valence-electron chi connectivity index (χ2n) is 6.28. The number of anilines is 1. The first-order chi connectivity index (χ1) is 14.4. The van der Waals surface area contributed by atoms with Crippen LogP contribution in [-0.2, 0) is 14.8 Å². The van der Waals surface area contributed by atoms with Gasteiger partial charge in [-0.05, 0) is 29.8 Å². The highest BCUT2D eigenvalue weighted by molar-refractivity contribution is 8.00. The van der Waals surface area contributed by atoms with E-state index in [9.17, 15) is 13.2 Å². The Bertz CT molecular complexity index is 1300. The molecule has 2 aromatic heterocycles. The second kappa shape index (κ2) is 8.52. The minimum absolute atomic E-state index is 0.0100. The van der Waals surface area contributed by atoms with Gasteiger partial charge < -0.3 is 5.32 Å². The summed E-state index contributed by atoms with van der Waals surface area (Å²) in [6, 6.07) is 15.7. The molecule has 0 unspecified atom stereocenters. The maximum Gasteiger partial charge on any atom is 0.238 e. The highest BCUT2D eigenvalue weighted by Crippen LogP contribution is 2.37. The number of hydrogen-bond donors (Lipinski definition) is 2. The third-order valence-corrected chi connectivity index (χ3v) is 7.03. The minimum atomic E-state index is -3.77. The number of nitrogens with one attached hydrogen (secondary N) is 1. The van der Waals surface area contributed by atoms with Crippen LogP contribution in [0.1, 0.15) is 0 Å². The summed E-state index contributed by atoms with van der Waals surface area (Å²) in [5.41, 5.74) is 2.60. The predicted molar refractivity (Wildman–Crippen MR) is 120 cm³/mol. The third-order valence-electron chi connectivity index (χ3n) is 4.23. The van der Waals surface area contributed by atoms with E-state index in [0.717, 1.165) is 26.4 Å². The standard InChI is InChI=1S/C20H16N4O3S3/c21-30(26,27)15-8-6-14(7-9-15)24-17(25)11-29-20-18-16(13-4-2-1-3-5-13)10-28-19(18)22-12-23-20/h1-10,12H,11H2,(H,24,25)(H2,21,26,27). The largest absolute Gasteiger partial charge is 0.325 e. The highest BCUT2D eigenvalue weighted by Gasteiger charge is 2.15. The maximum absolute atomic E-state index is 12.4. The molecule has 0 bridgehead atoms. The van der Waals surface area contributed by atoms with Crippen molar-refractivity contribution in [3.05, 3.63) is 66.3 Å². The molecule has 10 heteroatoms. The zero-order chi connectivity index (χ0) is 21.1. The molecule has 0 fully saturated rings. The number of amides is 1. The molecular weight excluding hydrogens is 440 g/mol. The molecule has 0 spiro atoms. The molecule has 0 saturated heterocycles. The molecule has 2 heterocycles. The lowest BCUT2D eigenvalue weighted by Crippen LogP contribution is -2.15. The number of fused-ring (bicyclic) bond motifs is 1. The first-order valence-electron chi connectivity index (χ1n) is 8.75. The molecule has 0 saturated carbocycles. The van der Waals surface area contributed by atoms with E-state index in [4.69, 9.17) is 5.14 Å². The summed E-state index contributed by atoms with van der Waals surface area (Å²) < 4.78 is 22.6. The van der Waals surface area contributed by atoms with Crippen LogP contribution in [0.15, 0.2) is 76.2 Å². The zero-order valence-electron chi connectivity index (χ0n) is 15.5. The number of hydrogen-bond acceptors (Lipinski definition) is 7. The molecule has 1 amide bonds. The van der Waals surface area contributed by atoms with Crippen LogP contribution >= 0.6 is 23.1 Å². The van der Waals surface area contributed by atoms with Gasteiger partial charge in [-0.15, -0.1) is 11.3 Å². The molecule has 3 N–H and O–H groups in total. The van der Waals surface area contributed by atoms with Crippen LogP contribution in [0.25, 0.3) is 21.3 Å². The predicted octanol–water partition coefficient (Wildman–Crippen LogP) is 3.74. The van der Waals surface area contributed by atoms with Crippen LogP contribution in [0.2, 0.25) is 0 Å². The number of carbonyl (C=O) groups is 1. The topological polar surface area (TPSA) is 115 Å². The monoisotopic (exact) mass is 456 g/mol. The van der Waals surface area contributed by atoms with Gasteiger partial charge in [-0.3, -0.25) is 4.79 Å². The fraction of sp³-hybridized carbons (Fsp3) is 0.0500. The third kappa shape index (κ3) is 4.51. The molecule has 0 radical (unpaired) electrons. The van der Waals surface area contributed by atoms with E-state index in [1.165, 1.54) is 53.7 Å². The number of sulfonamides is 1. The summed E-state index contributed by atoms with van der Waals surface area (Å²) in [5.74, 6) is -0.0840. The Morgan fingerprint density at radius 2 is 1.80 bits per heavy atom. The fourth-order valence-corrected chi connectivity index (χ4v) is 5.15. The number of nitrogens with two attached hydrogens (primary N) is 1. The van der Waals surface area contributed by atoms with Crippen LogP contribution < -0.4 is 10.5 Å². The summed E-state index contributed by atoms with van der Waals surface area (Å²) in [6.07, 6.45) is 1.50. The van der Waals surface area contributed by atoms with E-state index in [0.29, 0.717) is 5.69 Å². The average Bonchev–Trinajstić information content (AvgIpc) is 3.17. The van der Waals surface area contributed by atoms with Crippen molar-refractivity contribution in [3.8, 4) is 11.1 Å². The van der Waals surface area contributed by atoms with Gasteiger partial charge in [0.15, 0.2) is 0 Å². The number of primary sulfonamides is 1. The molecule has 0 atom stereocenters. The summed E-state index contributed by atoms with van der Waals surface area (Å²) in [6.45, 7) is 0. The Kier molecular flexibility index (Phi) is 5.82. The van der Waals surface area contributed by atoms with E-state index in [1.54, 1.807) is 0 Å². The van der Waals surface area contributed by atoms with E-state index in [1.807, 2.05) is 35.7 Å². The van der Waals surface area contributed by atoms with Gasteiger partial charge >= 0.3 is 0 Å². The van der Waals surface area contributed by atoms with Gasteiger partial charge in [-0.1, -0.05) is 42.1 Å². The summed E-state index contributed by atoms with van der Waals surface area (Å²) in [7, 11) is -3.77. The van der Waals surface area contributed by atoms with Crippen LogP contribution in [-0.4, -0.2) is 30.0 Å². The van der Waals surface area contributed by atoms with E-state index < -0.39 is 10.0 Å². The number of nitrogens with zero attached hydrogens (tertiary/aromatic N) is 2. The lowest BCUT2D eigenvalue weighted by atomic mass is 10.1. The lowest BCUT2D eigenvalue weighted by molar-refractivity contribution is -0.113. The Morgan fingerprint density at radius 3 is 2.50 bits per heavy atom. The minimum Gasteiger partial charge on any atom is -0.325 e. The van der Waals surface area contributed by atoms with Crippen molar-refractivity contribution in [1.82, 2.24) is 9.97 Å². The number of rotatable bonds is 6.